The van der Waals surface area contributed by atoms with Gasteiger partial charge in [-0.3, -0.25) is 0 Å². The Morgan fingerprint density at radius 1 is 0.975 bits per heavy atom. The van der Waals surface area contributed by atoms with Gasteiger partial charge in [0.05, 0.1) is 30.7 Å². The van der Waals surface area contributed by atoms with Gasteiger partial charge in [-0.1, -0.05) is 12.1 Å². The normalized spacial score (nSPS) is 18.0. The second-order valence-corrected chi connectivity index (χ2v) is 11.9. The maximum Gasteiger partial charge on any atom is 0.264 e. The second kappa shape index (κ2) is 9.79. The zero-order chi connectivity index (χ0) is 28.1. The van der Waals surface area contributed by atoms with Crippen LogP contribution < -0.4 is 4.74 Å². The Morgan fingerprint density at radius 3 is 2.33 bits per heavy atom. The van der Waals surface area contributed by atoms with Crippen molar-refractivity contribution < 1.29 is 21.9 Å². The highest BCUT2D eigenvalue weighted by Crippen LogP contribution is 2.45. The molecule has 0 N–H and O–H groups in total. The predicted octanol–water partition coefficient (Wildman–Crippen LogP) is 4.02. The van der Waals surface area contributed by atoms with Crippen LogP contribution in [-0.4, -0.2) is 57.7 Å². The molecule has 1 saturated heterocycles. The summed E-state index contributed by atoms with van der Waals surface area (Å²) in [5, 5.41) is 13.2. The summed E-state index contributed by atoms with van der Waals surface area (Å²) in [6.07, 6.45) is 3.91. The molecule has 0 saturated carbocycles. The van der Waals surface area contributed by atoms with E-state index in [0.717, 1.165) is 22.0 Å². The highest BCUT2D eigenvalue weighted by atomic mass is 32.2. The van der Waals surface area contributed by atoms with E-state index in [2.05, 4.69) is 15.3 Å². The number of hydrogen-bond donors (Lipinski definition) is 0. The van der Waals surface area contributed by atoms with E-state index >= 15 is 0 Å². The minimum absolute atomic E-state index is 0.115. The SMILES string of the molecule is COc1cc2c(cnn2-c2ccc(F)cc2)cc1C1(Cc2ccc(F)cc2)CCN(S(=O)(=O)c2cnn(C)n2)C1. The molecule has 206 valence electrons. The summed E-state index contributed by atoms with van der Waals surface area (Å²) < 4.78 is 63.3. The smallest absolute Gasteiger partial charge is 0.264 e. The van der Waals surface area contributed by atoms with Crippen LogP contribution in [0.5, 0.6) is 5.75 Å². The van der Waals surface area contributed by atoms with Gasteiger partial charge in [-0.15, -0.1) is 5.10 Å². The Labute approximate surface area is 229 Å². The van der Waals surface area contributed by atoms with E-state index in [9.17, 15) is 17.2 Å². The lowest BCUT2D eigenvalue weighted by atomic mass is 9.74. The van der Waals surface area contributed by atoms with Crippen LogP contribution >= 0.6 is 0 Å². The largest absolute Gasteiger partial charge is 0.496 e. The van der Waals surface area contributed by atoms with Crippen LogP contribution in [0, 0.1) is 11.6 Å². The van der Waals surface area contributed by atoms with E-state index in [1.165, 1.54) is 39.6 Å². The summed E-state index contributed by atoms with van der Waals surface area (Å²) in [6, 6.07) is 16.1. The first-order chi connectivity index (χ1) is 19.2. The Kier molecular flexibility index (Phi) is 6.38. The van der Waals surface area contributed by atoms with Gasteiger partial charge in [0, 0.05) is 42.6 Å². The Balaban J connectivity index is 1.46. The Morgan fingerprint density at radius 2 is 1.68 bits per heavy atom. The number of methoxy groups -OCH3 is 1. The van der Waals surface area contributed by atoms with E-state index in [-0.39, 0.29) is 29.7 Å². The molecule has 1 aliphatic heterocycles. The monoisotopic (exact) mass is 564 g/mol. The third kappa shape index (κ3) is 4.52. The fraction of sp³-hybridized carbons (Fsp3) is 0.250. The van der Waals surface area contributed by atoms with Gasteiger partial charge in [0.25, 0.3) is 10.0 Å². The van der Waals surface area contributed by atoms with Crippen LogP contribution in [0.2, 0.25) is 0 Å². The predicted molar refractivity (Wildman–Crippen MR) is 144 cm³/mol. The van der Waals surface area contributed by atoms with Crippen molar-refractivity contribution in [2.45, 2.75) is 23.3 Å². The highest BCUT2D eigenvalue weighted by Gasteiger charge is 2.46. The molecule has 0 aliphatic carbocycles. The van der Waals surface area contributed by atoms with Gasteiger partial charge in [0.2, 0.25) is 5.03 Å². The number of rotatable bonds is 7. The molecular weight excluding hydrogens is 538 g/mol. The summed E-state index contributed by atoms with van der Waals surface area (Å²) in [5.74, 6) is -0.120. The van der Waals surface area contributed by atoms with Crippen LogP contribution in [0.1, 0.15) is 17.5 Å². The fourth-order valence-electron chi connectivity index (χ4n) is 5.50. The summed E-state index contributed by atoms with van der Waals surface area (Å²) in [6.45, 7) is 0.424. The molecule has 6 rings (SSSR count). The number of fused-ring (bicyclic) bond motifs is 1. The maximum absolute atomic E-state index is 13.7. The highest BCUT2D eigenvalue weighted by molar-refractivity contribution is 7.89. The van der Waals surface area contributed by atoms with Crippen LogP contribution in [0.4, 0.5) is 8.78 Å². The molecule has 0 radical (unpaired) electrons. The first-order valence-corrected chi connectivity index (χ1v) is 14.1. The molecule has 0 spiro atoms. The molecule has 1 atom stereocenters. The fourth-order valence-corrected chi connectivity index (χ4v) is 6.91. The second-order valence-electron chi connectivity index (χ2n) is 9.99. The molecule has 5 aromatic rings. The van der Waals surface area contributed by atoms with Crippen molar-refractivity contribution in [1.29, 1.82) is 0 Å². The van der Waals surface area contributed by atoms with Gasteiger partial charge < -0.3 is 4.74 Å². The van der Waals surface area contributed by atoms with Gasteiger partial charge in [0.15, 0.2) is 0 Å². The van der Waals surface area contributed by atoms with Crippen LogP contribution in [-0.2, 0) is 28.9 Å². The molecule has 0 bridgehead atoms. The third-order valence-corrected chi connectivity index (χ3v) is 9.20. The lowest BCUT2D eigenvalue weighted by Crippen LogP contribution is -2.36. The Hall–Kier alpha value is -4.16. The van der Waals surface area contributed by atoms with Gasteiger partial charge in [-0.2, -0.15) is 19.3 Å². The molecule has 40 heavy (non-hydrogen) atoms. The van der Waals surface area contributed by atoms with Crippen molar-refractivity contribution in [3.63, 3.8) is 0 Å². The van der Waals surface area contributed by atoms with E-state index in [1.54, 1.807) is 49.3 Å². The summed E-state index contributed by atoms with van der Waals surface area (Å²) in [7, 11) is -0.772. The minimum atomic E-state index is -3.90. The number of benzene rings is 3. The molecule has 3 heterocycles. The van der Waals surface area contributed by atoms with Crippen LogP contribution in [0.3, 0.4) is 0 Å². The van der Waals surface area contributed by atoms with Gasteiger partial charge in [-0.05, 0) is 60.9 Å². The van der Waals surface area contributed by atoms with E-state index < -0.39 is 15.4 Å². The molecule has 1 fully saturated rings. The van der Waals surface area contributed by atoms with E-state index in [1.807, 2.05) is 12.1 Å². The molecular formula is C28H26F2N6O3S. The standard InChI is InChI=1S/C28H26F2N6O3S/c1-34-31-17-27(33-34)40(37,38)35-12-11-28(18-35,15-19-3-5-21(29)6-4-19)24-13-20-16-32-36(25(20)14-26(24)39-2)23-9-7-22(30)8-10-23/h3-10,13-14,16-17H,11-12,15,18H2,1-2H3. The van der Waals surface area contributed by atoms with Crippen molar-refractivity contribution in [2.24, 2.45) is 7.05 Å². The zero-order valence-corrected chi connectivity index (χ0v) is 22.6. The topological polar surface area (TPSA) is 95.1 Å². The van der Waals surface area contributed by atoms with Crippen LogP contribution in [0.25, 0.3) is 16.6 Å². The minimum Gasteiger partial charge on any atom is -0.496 e. The number of hydrogen-bond acceptors (Lipinski definition) is 6. The molecule has 12 heteroatoms. The first-order valence-electron chi connectivity index (χ1n) is 12.6. The first kappa shape index (κ1) is 26.1. The quantitative estimate of drug-likeness (QED) is 0.297. The molecule has 1 aliphatic rings. The van der Waals surface area contributed by atoms with Crippen molar-refractivity contribution >= 4 is 20.9 Å². The number of nitrogens with zero attached hydrogens (tertiary/aromatic N) is 6. The number of halogens is 2. The molecule has 0 amide bonds. The number of aromatic nitrogens is 5. The average Bonchev–Trinajstić information content (AvgIpc) is 3.69. The van der Waals surface area contributed by atoms with Crippen molar-refractivity contribution in [3.8, 4) is 11.4 Å². The molecule has 3 aromatic carbocycles. The van der Waals surface area contributed by atoms with Crippen molar-refractivity contribution in [2.75, 3.05) is 20.2 Å². The Bertz CT molecular complexity index is 1800. The molecule has 1 unspecified atom stereocenters. The number of ether oxygens (including phenoxy) is 1. The van der Waals surface area contributed by atoms with Gasteiger partial charge in [-0.25, -0.2) is 21.9 Å². The third-order valence-electron chi connectivity index (χ3n) is 7.49. The molecule has 2 aromatic heterocycles. The average molecular weight is 565 g/mol. The molecule has 9 nitrogen and oxygen atoms in total. The van der Waals surface area contributed by atoms with Crippen LogP contribution in [0.15, 0.2) is 78.1 Å². The summed E-state index contributed by atoms with van der Waals surface area (Å²) in [4.78, 5) is 1.21. The zero-order valence-electron chi connectivity index (χ0n) is 21.8. The number of aryl methyl sites for hydroxylation is 1. The van der Waals surface area contributed by atoms with Gasteiger partial charge in [0.1, 0.15) is 17.4 Å². The summed E-state index contributed by atoms with van der Waals surface area (Å²) in [5.41, 5.74) is 2.44. The summed E-state index contributed by atoms with van der Waals surface area (Å²) >= 11 is 0. The van der Waals surface area contributed by atoms with Crippen molar-refractivity contribution in [1.82, 2.24) is 29.1 Å². The van der Waals surface area contributed by atoms with Crippen molar-refractivity contribution in [3.05, 3.63) is 95.8 Å². The lowest BCUT2D eigenvalue weighted by Gasteiger charge is -2.32. The van der Waals surface area contributed by atoms with E-state index in [0.29, 0.717) is 24.3 Å². The van der Waals surface area contributed by atoms with Gasteiger partial charge >= 0.3 is 0 Å². The maximum atomic E-state index is 13.7. The lowest BCUT2D eigenvalue weighted by molar-refractivity contribution is 0.370. The number of sulfonamides is 1. The van der Waals surface area contributed by atoms with E-state index in [4.69, 9.17) is 4.74 Å².